The molecule has 0 amide bonds. The predicted octanol–water partition coefficient (Wildman–Crippen LogP) is 3.16. The number of Topliss-reactive ketones (excluding diaryl/α,β-unsaturated/α-hetero) is 2. The van der Waals surface area contributed by atoms with Crippen LogP contribution in [0.1, 0.15) is 59.8 Å². The van der Waals surface area contributed by atoms with Crippen molar-refractivity contribution in [2.75, 3.05) is 13.2 Å². The molecule has 0 saturated carbocycles. The van der Waals surface area contributed by atoms with Crippen molar-refractivity contribution in [1.82, 2.24) is 0 Å². The first kappa shape index (κ1) is 16.3. The lowest BCUT2D eigenvalue weighted by Gasteiger charge is -2.15. The quantitative estimate of drug-likeness (QED) is 0.461. The maximum atomic E-state index is 11.6. The molecule has 0 saturated heterocycles. The topological polar surface area (TPSA) is 43.4 Å². The van der Waals surface area contributed by atoms with Gasteiger partial charge in [0.25, 0.3) is 0 Å². The monoisotopic (exact) mass is 242 g/mol. The Morgan fingerprint density at radius 3 is 2.18 bits per heavy atom. The summed E-state index contributed by atoms with van der Waals surface area (Å²) in [5.74, 6) is 0.0541. The van der Waals surface area contributed by atoms with Crippen LogP contribution in [0.25, 0.3) is 0 Å². The molecule has 0 rings (SSSR count). The van der Waals surface area contributed by atoms with Crippen molar-refractivity contribution in [3.63, 3.8) is 0 Å². The van der Waals surface area contributed by atoms with Crippen molar-refractivity contribution >= 4 is 11.6 Å². The van der Waals surface area contributed by atoms with E-state index in [1.807, 2.05) is 20.8 Å². The van der Waals surface area contributed by atoms with E-state index in [0.717, 1.165) is 25.9 Å². The molecule has 0 aliphatic carbocycles. The molecule has 0 heterocycles. The third kappa shape index (κ3) is 9.04. The van der Waals surface area contributed by atoms with Gasteiger partial charge in [0.2, 0.25) is 0 Å². The fraction of sp³-hybridized carbons (Fsp3) is 0.857. The molecule has 0 aliphatic heterocycles. The molecule has 0 bridgehead atoms. The highest BCUT2D eigenvalue weighted by molar-refractivity contribution is 6.01. The van der Waals surface area contributed by atoms with Crippen LogP contribution in [-0.4, -0.2) is 24.8 Å². The molecule has 3 nitrogen and oxygen atoms in total. The molecule has 100 valence electrons. The SMILES string of the molecule is CCCCOCCCC(=O)CC(=O)C(C)(C)C. The smallest absolute Gasteiger partial charge is 0.145 e. The van der Waals surface area contributed by atoms with E-state index in [1.165, 1.54) is 0 Å². The molecule has 0 atom stereocenters. The lowest BCUT2D eigenvalue weighted by Crippen LogP contribution is -2.23. The number of rotatable bonds is 9. The van der Waals surface area contributed by atoms with E-state index in [2.05, 4.69) is 6.92 Å². The Balaban J connectivity index is 3.57. The first-order chi connectivity index (χ1) is 7.88. The van der Waals surface area contributed by atoms with E-state index >= 15 is 0 Å². The van der Waals surface area contributed by atoms with Crippen molar-refractivity contribution in [3.05, 3.63) is 0 Å². The summed E-state index contributed by atoms with van der Waals surface area (Å²) < 4.78 is 5.36. The van der Waals surface area contributed by atoms with Crippen molar-refractivity contribution in [2.45, 2.75) is 59.8 Å². The molecule has 0 fully saturated rings. The molecule has 0 aromatic rings. The Bertz CT molecular complexity index is 238. The van der Waals surface area contributed by atoms with Crippen LogP contribution >= 0.6 is 0 Å². The zero-order valence-electron chi connectivity index (χ0n) is 11.7. The third-order valence-corrected chi connectivity index (χ3v) is 2.58. The van der Waals surface area contributed by atoms with Gasteiger partial charge >= 0.3 is 0 Å². The van der Waals surface area contributed by atoms with Gasteiger partial charge in [0.1, 0.15) is 11.6 Å². The third-order valence-electron chi connectivity index (χ3n) is 2.58. The van der Waals surface area contributed by atoms with Crippen LogP contribution in [-0.2, 0) is 14.3 Å². The summed E-state index contributed by atoms with van der Waals surface area (Å²) in [6.07, 6.45) is 3.43. The number of hydrogen-bond acceptors (Lipinski definition) is 3. The lowest BCUT2D eigenvalue weighted by atomic mass is 9.87. The molecule has 0 unspecified atom stereocenters. The molecule has 0 N–H and O–H groups in total. The first-order valence-electron chi connectivity index (χ1n) is 6.50. The first-order valence-corrected chi connectivity index (χ1v) is 6.50. The van der Waals surface area contributed by atoms with Gasteiger partial charge in [0.05, 0.1) is 6.42 Å². The molecule has 17 heavy (non-hydrogen) atoms. The fourth-order valence-corrected chi connectivity index (χ4v) is 1.25. The minimum Gasteiger partial charge on any atom is -0.381 e. The summed E-state index contributed by atoms with van der Waals surface area (Å²) in [6.45, 7) is 9.04. The summed E-state index contributed by atoms with van der Waals surface area (Å²) >= 11 is 0. The van der Waals surface area contributed by atoms with Gasteiger partial charge in [-0.05, 0) is 12.8 Å². The highest BCUT2D eigenvalue weighted by Crippen LogP contribution is 2.17. The summed E-state index contributed by atoms with van der Waals surface area (Å²) in [7, 11) is 0. The average Bonchev–Trinajstić information content (AvgIpc) is 2.21. The van der Waals surface area contributed by atoms with Crippen LogP contribution < -0.4 is 0 Å². The van der Waals surface area contributed by atoms with Crippen molar-refractivity contribution in [3.8, 4) is 0 Å². The summed E-state index contributed by atoms with van der Waals surface area (Å²) in [4.78, 5) is 23.1. The van der Waals surface area contributed by atoms with Crippen molar-refractivity contribution in [2.24, 2.45) is 5.41 Å². The second kappa shape index (κ2) is 8.40. The molecule has 0 aromatic carbocycles. The van der Waals surface area contributed by atoms with Gasteiger partial charge in [-0.2, -0.15) is 0 Å². The van der Waals surface area contributed by atoms with Crippen LogP contribution in [0.15, 0.2) is 0 Å². The van der Waals surface area contributed by atoms with E-state index in [9.17, 15) is 9.59 Å². The van der Waals surface area contributed by atoms with E-state index in [-0.39, 0.29) is 18.0 Å². The second-order valence-corrected chi connectivity index (χ2v) is 5.46. The van der Waals surface area contributed by atoms with Crippen molar-refractivity contribution < 1.29 is 14.3 Å². The molecular formula is C14H26O3. The van der Waals surface area contributed by atoms with Gasteiger partial charge in [0, 0.05) is 25.0 Å². The normalized spacial score (nSPS) is 11.5. The molecule has 0 radical (unpaired) electrons. The Hall–Kier alpha value is -0.700. The predicted molar refractivity (Wildman–Crippen MR) is 69.0 cm³/mol. The van der Waals surface area contributed by atoms with Gasteiger partial charge in [-0.1, -0.05) is 34.1 Å². The molecule has 0 aliphatic rings. The van der Waals surface area contributed by atoms with E-state index < -0.39 is 5.41 Å². The molecular weight excluding hydrogens is 216 g/mol. The summed E-state index contributed by atoms with van der Waals surface area (Å²) in [5, 5.41) is 0. The maximum Gasteiger partial charge on any atom is 0.145 e. The largest absolute Gasteiger partial charge is 0.381 e. The van der Waals surface area contributed by atoms with Gasteiger partial charge in [-0.3, -0.25) is 9.59 Å². The van der Waals surface area contributed by atoms with Gasteiger partial charge in [0.15, 0.2) is 0 Å². The number of hydrogen-bond donors (Lipinski definition) is 0. The van der Waals surface area contributed by atoms with Crippen LogP contribution in [0.2, 0.25) is 0 Å². The standard InChI is InChI=1S/C14H26O3/c1-5-6-9-17-10-7-8-12(15)11-13(16)14(2,3)4/h5-11H2,1-4H3. The van der Waals surface area contributed by atoms with Crippen LogP contribution in [0.4, 0.5) is 0 Å². The summed E-state index contributed by atoms with van der Waals surface area (Å²) in [5.41, 5.74) is -0.409. The Morgan fingerprint density at radius 2 is 1.65 bits per heavy atom. The van der Waals surface area contributed by atoms with E-state index in [1.54, 1.807) is 0 Å². The number of carbonyl (C=O) groups is 2. The number of unbranched alkanes of at least 4 members (excludes halogenated alkanes) is 1. The summed E-state index contributed by atoms with van der Waals surface area (Å²) in [6, 6.07) is 0. The van der Waals surface area contributed by atoms with Gasteiger partial charge in [-0.25, -0.2) is 0 Å². The van der Waals surface area contributed by atoms with Crippen LogP contribution in [0, 0.1) is 5.41 Å². The number of ether oxygens (including phenoxy) is 1. The minimum atomic E-state index is -0.409. The number of ketones is 2. The van der Waals surface area contributed by atoms with Gasteiger partial charge in [-0.15, -0.1) is 0 Å². The molecule has 0 spiro atoms. The Labute approximate surface area is 105 Å². The Kier molecular flexibility index (Phi) is 8.05. The zero-order valence-corrected chi connectivity index (χ0v) is 11.7. The van der Waals surface area contributed by atoms with Crippen LogP contribution in [0.5, 0.6) is 0 Å². The second-order valence-electron chi connectivity index (χ2n) is 5.46. The molecule has 0 aromatic heterocycles. The molecule has 3 heteroatoms. The van der Waals surface area contributed by atoms with E-state index in [0.29, 0.717) is 13.0 Å². The lowest BCUT2D eigenvalue weighted by molar-refractivity contribution is -0.131. The highest BCUT2D eigenvalue weighted by atomic mass is 16.5. The van der Waals surface area contributed by atoms with Crippen LogP contribution in [0.3, 0.4) is 0 Å². The highest BCUT2D eigenvalue weighted by Gasteiger charge is 2.23. The van der Waals surface area contributed by atoms with Gasteiger partial charge < -0.3 is 4.74 Å². The zero-order chi connectivity index (χ0) is 13.3. The number of carbonyl (C=O) groups excluding carboxylic acids is 2. The average molecular weight is 242 g/mol. The minimum absolute atomic E-state index is 0.0226. The Morgan fingerprint density at radius 1 is 1.06 bits per heavy atom. The fourth-order valence-electron chi connectivity index (χ4n) is 1.25. The maximum absolute atomic E-state index is 11.6. The van der Waals surface area contributed by atoms with Crippen molar-refractivity contribution in [1.29, 1.82) is 0 Å². The van der Waals surface area contributed by atoms with E-state index in [4.69, 9.17) is 4.74 Å².